The van der Waals surface area contributed by atoms with E-state index in [-0.39, 0.29) is 12.1 Å². The lowest BCUT2D eigenvalue weighted by Gasteiger charge is -2.25. The molecule has 1 fully saturated rings. The van der Waals surface area contributed by atoms with Gasteiger partial charge in [-0.3, -0.25) is 0 Å². The summed E-state index contributed by atoms with van der Waals surface area (Å²) in [5.41, 5.74) is 0.673. The van der Waals surface area contributed by atoms with Crippen LogP contribution in [0.5, 0.6) is 0 Å². The maximum Gasteiger partial charge on any atom is 0.339 e. The lowest BCUT2D eigenvalue weighted by molar-refractivity contribution is 0.0124. The Hall–Kier alpha value is -2.09. The second kappa shape index (κ2) is 4.73. The van der Waals surface area contributed by atoms with Crippen LogP contribution in [-0.2, 0) is 4.74 Å². The van der Waals surface area contributed by atoms with E-state index >= 15 is 0 Å². The van der Waals surface area contributed by atoms with E-state index in [1.165, 1.54) is 0 Å². The van der Waals surface area contributed by atoms with Crippen LogP contribution in [0.1, 0.15) is 23.7 Å². The lowest BCUT2D eigenvalue weighted by atomic mass is 9.93. The van der Waals surface area contributed by atoms with Gasteiger partial charge in [0.25, 0.3) is 0 Å². The molecule has 4 atom stereocenters. The molecule has 21 heavy (non-hydrogen) atoms. The molecule has 0 aliphatic heterocycles. The second-order valence-corrected chi connectivity index (χ2v) is 6.20. The van der Waals surface area contributed by atoms with Crippen LogP contribution in [0.4, 0.5) is 0 Å². The minimum absolute atomic E-state index is 0.0338. The summed E-state index contributed by atoms with van der Waals surface area (Å²) in [6.07, 6.45) is 5.66. The lowest BCUT2D eigenvalue weighted by Crippen LogP contribution is -2.28. The van der Waals surface area contributed by atoms with Crippen LogP contribution >= 0.6 is 0 Å². The SMILES string of the molecule is CC1C2C=CC(C2)C1OC(=O)c1cccc2ccccc12. The minimum atomic E-state index is -0.190. The first kappa shape index (κ1) is 12.6. The molecule has 0 amide bonds. The molecule has 0 saturated heterocycles. The summed E-state index contributed by atoms with van der Waals surface area (Å²) in [6.45, 7) is 2.19. The first-order chi connectivity index (χ1) is 10.2. The van der Waals surface area contributed by atoms with Gasteiger partial charge < -0.3 is 4.74 Å². The van der Waals surface area contributed by atoms with Crippen molar-refractivity contribution < 1.29 is 9.53 Å². The van der Waals surface area contributed by atoms with Crippen LogP contribution in [0.2, 0.25) is 0 Å². The number of esters is 1. The summed E-state index contributed by atoms with van der Waals surface area (Å²) in [5, 5.41) is 2.05. The third-order valence-corrected chi connectivity index (χ3v) is 5.02. The van der Waals surface area contributed by atoms with Gasteiger partial charge in [-0.2, -0.15) is 0 Å². The van der Waals surface area contributed by atoms with E-state index in [1.807, 2.05) is 42.5 Å². The van der Waals surface area contributed by atoms with E-state index in [4.69, 9.17) is 4.74 Å². The minimum Gasteiger partial charge on any atom is -0.458 e. The molecule has 106 valence electrons. The highest BCUT2D eigenvalue weighted by molar-refractivity contribution is 6.04. The summed E-state index contributed by atoms with van der Waals surface area (Å²) in [4.78, 5) is 12.6. The van der Waals surface area contributed by atoms with E-state index in [0.29, 0.717) is 23.3 Å². The zero-order chi connectivity index (χ0) is 14.4. The molecule has 0 aromatic heterocycles. The molecule has 2 aromatic carbocycles. The largest absolute Gasteiger partial charge is 0.458 e. The molecule has 2 aromatic rings. The van der Waals surface area contributed by atoms with Gasteiger partial charge in [0.2, 0.25) is 0 Å². The average molecular weight is 278 g/mol. The van der Waals surface area contributed by atoms with E-state index in [9.17, 15) is 4.79 Å². The highest BCUT2D eigenvalue weighted by Crippen LogP contribution is 2.45. The van der Waals surface area contributed by atoms with Crippen molar-refractivity contribution in [3.8, 4) is 0 Å². The van der Waals surface area contributed by atoms with Gasteiger partial charge in [0.15, 0.2) is 0 Å². The van der Waals surface area contributed by atoms with Crippen LogP contribution in [0.25, 0.3) is 10.8 Å². The highest BCUT2D eigenvalue weighted by Gasteiger charge is 2.44. The molecule has 0 radical (unpaired) electrons. The zero-order valence-electron chi connectivity index (χ0n) is 12.0. The van der Waals surface area contributed by atoms with Crippen molar-refractivity contribution in [1.82, 2.24) is 0 Å². The van der Waals surface area contributed by atoms with E-state index in [2.05, 4.69) is 19.1 Å². The number of ether oxygens (including phenoxy) is 1. The standard InChI is InChI=1S/C19H18O2/c1-12-14-9-10-15(11-14)18(12)21-19(20)17-8-4-6-13-5-2-3-7-16(13)17/h2-10,12,14-15,18H,11H2,1H3. The number of carbonyl (C=O) groups is 1. The van der Waals surface area contributed by atoms with Crippen molar-refractivity contribution in [3.05, 3.63) is 60.2 Å². The molecule has 1 saturated carbocycles. The summed E-state index contributed by atoms with van der Waals surface area (Å²) in [6, 6.07) is 13.8. The number of rotatable bonds is 2. The topological polar surface area (TPSA) is 26.3 Å². The first-order valence-corrected chi connectivity index (χ1v) is 7.61. The zero-order valence-corrected chi connectivity index (χ0v) is 12.0. The Morgan fingerprint density at radius 1 is 1.05 bits per heavy atom. The maximum absolute atomic E-state index is 12.6. The smallest absolute Gasteiger partial charge is 0.339 e. The van der Waals surface area contributed by atoms with E-state index in [0.717, 1.165) is 17.2 Å². The van der Waals surface area contributed by atoms with Gasteiger partial charge in [-0.25, -0.2) is 4.79 Å². The average Bonchev–Trinajstić information content (AvgIpc) is 3.10. The van der Waals surface area contributed by atoms with E-state index < -0.39 is 0 Å². The van der Waals surface area contributed by atoms with Crippen LogP contribution in [0.3, 0.4) is 0 Å². The fourth-order valence-corrected chi connectivity index (χ4v) is 3.81. The van der Waals surface area contributed by atoms with Crippen LogP contribution in [0, 0.1) is 17.8 Å². The Morgan fingerprint density at radius 3 is 2.62 bits per heavy atom. The van der Waals surface area contributed by atoms with Crippen molar-refractivity contribution in [2.75, 3.05) is 0 Å². The van der Waals surface area contributed by atoms with Gasteiger partial charge >= 0.3 is 5.97 Å². The molecule has 2 nitrogen and oxygen atoms in total. The molecule has 2 bridgehead atoms. The number of benzene rings is 2. The fraction of sp³-hybridized carbons (Fsp3) is 0.316. The normalized spacial score (nSPS) is 30.0. The van der Waals surface area contributed by atoms with Crippen molar-refractivity contribution in [3.63, 3.8) is 0 Å². The number of hydrogen-bond acceptors (Lipinski definition) is 2. The number of allylic oxidation sites excluding steroid dienone is 1. The van der Waals surface area contributed by atoms with E-state index in [1.54, 1.807) is 0 Å². The Morgan fingerprint density at radius 2 is 1.81 bits per heavy atom. The number of carbonyl (C=O) groups excluding carboxylic acids is 1. The fourth-order valence-electron chi connectivity index (χ4n) is 3.81. The highest BCUT2D eigenvalue weighted by atomic mass is 16.5. The Bertz CT molecular complexity index is 726. The van der Waals surface area contributed by atoms with Gasteiger partial charge in [0.05, 0.1) is 5.56 Å². The summed E-state index contributed by atoms with van der Waals surface area (Å²) >= 11 is 0. The van der Waals surface area contributed by atoms with Gasteiger partial charge in [0, 0.05) is 11.8 Å². The summed E-state index contributed by atoms with van der Waals surface area (Å²) in [7, 11) is 0. The molecule has 0 heterocycles. The quantitative estimate of drug-likeness (QED) is 0.607. The monoisotopic (exact) mass is 278 g/mol. The van der Waals surface area contributed by atoms with Gasteiger partial charge in [-0.05, 0) is 29.2 Å². The van der Waals surface area contributed by atoms with Crippen LogP contribution in [0.15, 0.2) is 54.6 Å². The van der Waals surface area contributed by atoms with Crippen molar-refractivity contribution in [2.24, 2.45) is 17.8 Å². The maximum atomic E-state index is 12.6. The van der Waals surface area contributed by atoms with Gasteiger partial charge in [0.1, 0.15) is 6.10 Å². The molecule has 2 aliphatic carbocycles. The Labute approximate surface area is 124 Å². The van der Waals surface area contributed by atoms with Crippen molar-refractivity contribution in [2.45, 2.75) is 19.4 Å². The molecule has 2 aliphatic rings. The Balaban J connectivity index is 1.64. The first-order valence-electron chi connectivity index (χ1n) is 7.61. The number of hydrogen-bond donors (Lipinski definition) is 0. The summed E-state index contributed by atoms with van der Waals surface area (Å²) < 4.78 is 5.86. The van der Waals surface area contributed by atoms with Gasteiger partial charge in [-0.1, -0.05) is 55.5 Å². The second-order valence-electron chi connectivity index (χ2n) is 6.20. The Kier molecular flexibility index (Phi) is 2.85. The molecule has 2 heteroatoms. The molecular weight excluding hydrogens is 260 g/mol. The molecule has 4 unspecified atom stereocenters. The third-order valence-electron chi connectivity index (χ3n) is 5.02. The third kappa shape index (κ3) is 1.98. The molecular formula is C19H18O2. The molecule has 4 rings (SSSR count). The molecule has 0 N–H and O–H groups in total. The van der Waals surface area contributed by atoms with Gasteiger partial charge in [-0.15, -0.1) is 0 Å². The van der Waals surface area contributed by atoms with Crippen molar-refractivity contribution in [1.29, 1.82) is 0 Å². The molecule has 0 spiro atoms. The van der Waals surface area contributed by atoms with Crippen LogP contribution in [-0.4, -0.2) is 12.1 Å². The summed E-state index contributed by atoms with van der Waals surface area (Å²) in [5.74, 6) is 1.23. The predicted molar refractivity (Wildman–Crippen MR) is 83.1 cm³/mol. The van der Waals surface area contributed by atoms with Crippen molar-refractivity contribution >= 4 is 16.7 Å². The number of fused-ring (bicyclic) bond motifs is 3. The van der Waals surface area contributed by atoms with Crippen LogP contribution < -0.4 is 0 Å². The predicted octanol–water partition coefficient (Wildman–Crippen LogP) is 4.21.